The Morgan fingerprint density at radius 3 is 2.31 bits per heavy atom. The van der Waals surface area contributed by atoms with E-state index in [1.165, 1.54) is 57.6 Å². The number of hydrogen-bond donors (Lipinski definition) is 2. The van der Waals surface area contributed by atoms with E-state index < -0.39 is 23.9 Å². The highest BCUT2D eigenvalue weighted by molar-refractivity contribution is 5.97. The molecule has 0 spiro atoms. The minimum absolute atomic E-state index is 0.320. The maximum atomic E-state index is 12.2. The third-order valence-corrected chi connectivity index (χ3v) is 3.93. The summed E-state index contributed by atoms with van der Waals surface area (Å²) in [6.45, 7) is 1.45. The maximum absolute atomic E-state index is 12.2. The van der Waals surface area contributed by atoms with Gasteiger partial charge in [0.2, 0.25) is 5.91 Å². The summed E-state index contributed by atoms with van der Waals surface area (Å²) in [5.74, 6) is -0.772. The molecule has 8 nitrogen and oxygen atoms in total. The summed E-state index contributed by atoms with van der Waals surface area (Å²) in [7, 11) is 3.01. The quantitative estimate of drug-likeness (QED) is 0.521. The van der Waals surface area contributed by atoms with Gasteiger partial charge >= 0.3 is 5.97 Å². The Morgan fingerprint density at radius 2 is 1.72 bits per heavy atom. The summed E-state index contributed by atoms with van der Waals surface area (Å²) in [5, 5.41) is 2.59. The Hall–Kier alpha value is -3.81. The van der Waals surface area contributed by atoms with Crippen LogP contribution in [-0.4, -0.2) is 38.1 Å². The number of amides is 2. The van der Waals surface area contributed by atoms with Crippen LogP contribution in [0.2, 0.25) is 0 Å². The van der Waals surface area contributed by atoms with E-state index in [0.717, 1.165) is 0 Å². The van der Waals surface area contributed by atoms with E-state index in [9.17, 15) is 14.4 Å². The van der Waals surface area contributed by atoms with Gasteiger partial charge in [-0.1, -0.05) is 12.1 Å². The van der Waals surface area contributed by atoms with Gasteiger partial charge in [0, 0.05) is 22.9 Å². The summed E-state index contributed by atoms with van der Waals surface area (Å²) in [5.41, 5.74) is 6.55. The zero-order chi connectivity index (χ0) is 21.4. The smallest absolute Gasteiger partial charge is 0.331 e. The number of carbonyl (C=O) groups excluding carboxylic acids is 3. The predicted molar refractivity (Wildman–Crippen MR) is 108 cm³/mol. The highest BCUT2D eigenvalue weighted by Gasteiger charge is 2.17. The molecule has 0 aliphatic rings. The first kappa shape index (κ1) is 21.5. The van der Waals surface area contributed by atoms with Crippen molar-refractivity contribution >= 4 is 29.5 Å². The number of benzene rings is 2. The van der Waals surface area contributed by atoms with Crippen LogP contribution < -0.4 is 20.5 Å². The molecule has 0 bridgehead atoms. The van der Waals surface area contributed by atoms with Crippen LogP contribution in [0.3, 0.4) is 0 Å². The predicted octanol–water partition coefficient (Wildman–Crippen LogP) is 2.39. The second kappa shape index (κ2) is 9.93. The summed E-state index contributed by atoms with van der Waals surface area (Å²) in [6, 6.07) is 11.3. The van der Waals surface area contributed by atoms with Gasteiger partial charge in [-0.2, -0.15) is 0 Å². The molecule has 3 N–H and O–H groups in total. The van der Waals surface area contributed by atoms with Gasteiger partial charge in [0.05, 0.1) is 14.2 Å². The molecule has 0 fully saturated rings. The van der Waals surface area contributed by atoms with Gasteiger partial charge in [0.25, 0.3) is 5.91 Å². The van der Waals surface area contributed by atoms with E-state index in [-0.39, 0.29) is 0 Å². The van der Waals surface area contributed by atoms with Crippen molar-refractivity contribution in [2.24, 2.45) is 5.73 Å². The molecule has 0 unspecified atom stereocenters. The minimum Gasteiger partial charge on any atom is -0.493 e. The van der Waals surface area contributed by atoms with Crippen LogP contribution >= 0.6 is 0 Å². The van der Waals surface area contributed by atoms with Gasteiger partial charge in [0.1, 0.15) is 0 Å². The number of anilines is 1. The number of hydrogen-bond acceptors (Lipinski definition) is 6. The summed E-state index contributed by atoms with van der Waals surface area (Å²) < 4.78 is 15.6. The number of methoxy groups -OCH3 is 2. The van der Waals surface area contributed by atoms with Crippen LogP contribution in [0.5, 0.6) is 11.5 Å². The number of para-hydroxylation sites is 1. The number of nitrogens with two attached hydrogens (primary N) is 1. The fourth-order valence-corrected chi connectivity index (χ4v) is 2.43. The average molecular weight is 398 g/mol. The number of esters is 1. The second-order valence-corrected chi connectivity index (χ2v) is 5.93. The summed E-state index contributed by atoms with van der Waals surface area (Å²) >= 11 is 0. The monoisotopic (exact) mass is 398 g/mol. The van der Waals surface area contributed by atoms with Crippen LogP contribution in [0.25, 0.3) is 6.08 Å². The standard InChI is InChI=1S/C21H22N2O6/c1-13(21(26)23-16-10-7-15(8-11-16)20(22)25)29-18(24)12-9-14-5-4-6-17(27-2)19(14)28-3/h4-13H,1-3H3,(H2,22,25)(H,23,26)/b12-9+/t13-/m1/s1. The topological polar surface area (TPSA) is 117 Å². The molecule has 0 saturated carbocycles. The number of nitrogens with one attached hydrogen (secondary N) is 1. The fraction of sp³-hybridized carbons (Fsp3) is 0.190. The Labute approximate surface area is 168 Å². The third-order valence-electron chi connectivity index (χ3n) is 3.93. The molecular formula is C21H22N2O6. The molecule has 152 valence electrons. The number of carbonyl (C=O) groups is 3. The van der Waals surface area contributed by atoms with Crippen LogP contribution in [0.4, 0.5) is 5.69 Å². The van der Waals surface area contributed by atoms with Gasteiger partial charge < -0.3 is 25.3 Å². The second-order valence-electron chi connectivity index (χ2n) is 5.93. The molecule has 1 atom stereocenters. The Balaban J connectivity index is 1.97. The van der Waals surface area contributed by atoms with E-state index in [2.05, 4.69) is 5.32 Å². The highest BCUT2D eigenvalue weighted by Crippen LogP contribution is 2.31. The van der Waals surface area contributed by atoms with Gasteiger partial charge in [-0.05, 0) is 43.3 Å². The minimum atomic E-state index is -1.03. The summed E-state index contributed by atoms with van der Waals surface area (Å²) in [6.07, 6.45) is 1.68. The summed E-state index contributed by atoms with van der Waals surface area (Å²) in [4.78, 5) is 35.3. The molecule has 2 aromatic rings. The van der Waals surface area contributed by atoms with Gasteiger partial charge in [-0.3, -0.25) is 9.59 Å². The lowest BCUT2D eigenvalue weighted by molar-refractivity contribution is -0.148. The van der Waals surface area contributed by atoms with Crippen molar-refractivity contribution < 1.29 is 28.6 Å². The lowest BCUT2D eigenvalue weighted by Gasteiger charge is -2.13. The van der Waals surface area contributed by atoms with E-state index in [1.807, 2.05) is 0 Å². The van der Waals surface area contributed by atoms with E-state index >= 15 is 0 Å². The zero-order valence-corrected chi connectivity index (χ0v) is 16.3. The van der Waals surface area contributed by atoms with Gasteiger partial charge in [-0.25, -0.2) is 4.79 Å². The number of ether oxygens (including phenoxy) is 3. The Bertz CT molecular complexity index is 921. The van der Waals surface area contributed by atoms with Crippen molar-refractivity contribution in [3.63, 3.8) is 0 Å². The van der Waals surface area contributed by atoms with Crippen LogP contribution in [0, 0.1) is 0 Å². The van der Waals surface area contributed by atoms with Gasteiger partial charge in [-0.15, -0.1) is 0 Å². The maximum Gasteiger partial charge on any atom is 0.331 e. The van der Waals surface area contributed by atoms with Crippen molar-refractivity contribution in [1.82, 2.24) is 0 Å². The average Bonchev–Trinajstić information content (AvgIpc) is 2.72. The van der Waals surface area contributed by atoms with E-state index in [4.69, 9.17) is 19.9 Å². The van der Waals surface area contributed by atoms with E-state index in [1.54, 1.807) is 18.2 Å². The number of rotatable bonds is 8. The molecule has 0 saturated heterocycles. The molecule has 29 heavy (non-hydrogen) atoms. The molecule has 0 aliphatic heterocycles. The normalized spacial score (nSPS) is 11.6. The fourth-order valence-electron chi connectivity index (χ4n) is 2.43. The lowest BCUT2D eigenvalue weighted by Crippen LogP contribution is -2.29. The molecular weight excluding hydrogens is 376 g/mol. The van der Waals surface area contributed by atoms with Crippen molar-refractivity contribution in [3.8, 4) is 11.5 Å². The Kier molecular flexibility index (Phi) is 7.36. The molecule has 2 aromatic carbocycles. The first-order valence-electron chi connectivity index (χ1n) is 8.66. The molecule has 0 aliphatic carbocycles. The van der Waals surface area contributed by atoms with Crippen molar-refractivity contribution in [2.75, 3.05) is 19.5 Å². The molecule has 0 aromatic heterocycles. The molecule has 0 radical (unpaired) electrons. The first-order chi connectivity index (χ1) is 13.8. The van der Waals surface area contributed by atoms with E-state index in [0.29, 0.717) is 28.3 Å². The van der Waals surface area contributed by atoms with Crippen molar-refractivity contribution in [1.29, 1.82) is 0 Å². The first-order valence-corrected chi connectivity index (χ1v) is 8.66. The van der Waals surface area contributed by atoms with Crippen LogP contribution in [0.1, 0.15) is 22.8 Å². The van der Waals surface area contributed by atoms with Crippen molar-refractivity contribution in [2.45, 2.75) is 13.0 Å². The molecule has 2 rings (SSSR count). The van der Waals surface area contributed by atoms with Crippen molar-refractivity contribution in [3.05, 3.63) is 59.7 Å². The highest BCUT2D eigenvalue weighted by atomic mass is 16.5. The number of primary amides is 1. The lowest BCUT2D eigenvalue weighted by atomic mass is 10.1. The van der Waals surface area contributed by atoms with Crippen LogP contribution in [0.15, 0.2) is 48.5 Å². The molecule has 8 heteroatoms. The SMILES string of the molecule is COc1cccc(/C=C/C(=O)O[C@H](C)C(=O)Nc2ccc(C(N)=O)cc2)c1OC. The van der Waals surface area contributed by atoms with Crippen LogP contribution in [-0.2, 0) is 14.3 Å². The Morgan fingerprint density at radius 1 is 1.03 bits per heavy atom. The molecule has 0 heterocycles. The van der Waals surface area contributed by atoms with Gasteiger partial charge in [0.15, 0.2) is 17.6 Å². The largest absolute Gasteiger partial charge is 0.493 e. The third kappa shape index (κ3) is 5.83. The molecule has 2 amide bonds. The zero-order valence-electron chi connectivity index (χ0n) is 16.3.